The van der Waals surface area contributed by atoms with Gasteiger partial charge in [-0.05, 0) is 34.9 Å². The van der Waals surface area contributed by atoms with Crippen molar-refractivity contribution in [1.29, 1.82) is 5.26 Å². The van der Waals surface area contributed by atoms with Crippen LogP contribution in [0.25, 0.3) is 22.0 Å². The number of aromatic nitrogens is 2. The fraction of sp³-hybridized carbons (Fsp3) is 0.182. The van der Waals surface area contributed by atoms with Gasteiger partial charge in [-0.15, -0.1) is 0 Å². The molecule has 144 valence electrons. The second kappa shape index (κ2) is 6.91. The molecule has 0 radical (unpaired) electrons. The largest absolute Gasteiger partial charge is 0.398 e. The van der Waals surface area contributed by atoms with Gasteiger partial charge in [0.15, 0.2) is 5.78 Å². The highest BCUT2D eigenvalue weighted by molar-refractivity contribution is 6.08. The van der Waals surface area contributed by atoms with Crippen LogP contribution < -0.4 is 5.73 Å². The summed E-state index contributed by atoms with van der Waals surface area (Å²) < 4.78 is 0. The summed E-state index contributed by atoms with van der Waals surface area (Å²) >= 11 is 0. The molecular weight excluding hydrogens is 366 g/mol. The molecule has 0 aliphatic carbocycles. The standard InChI is InChI=1S/C22H19N5O2/c1-3-19(28)21-15-8-13(4-7-18(15)25-26-21)14-5-6-17(24)20-16(14)11-27(22(20)29)10-12(2)9-23/h4-8H,2-3,10-11,24H2,1H3,(H,25,26). The Balaban J connectivity index is 1.83. The van der Waals surface area contributed by atoms with E-state index < -0.39 is 0 Å². The van der Waals surface area contributed by atoms with Gasteiger partial charge in [0, 0.05) is 29.6 Å². The molecule has 1 aromatic heterocycles. The summed E-state index contributed by atoms with van der Waals surface area (Å²) in [5.74, 6) is -0.241. The lowest BCUT2D eigenvalue weighted by Gasteiger charge is -2.14. The number of nitrogens with zero attached hydrogens (tertiary/aromatic N) is 3. The number of anilines is 1. The summed E-state index contributed by atoms with van der Waals surface area (Å²) in [6, 6.07) is 11.3. The molecule has 0 bridgehead atoms. The first kappa shape index (κ1) is 18.4. The highest BCUT2D eigenvalue weighted by atomic mass is 16.2. The molecule has 0 saturated carbocycles. The first-order valence-electron chi connectivity index (χ1n) is 9.24. The van der Waals surface area contributed by atoms with Crippen molar-refractivity contribution in [2.45, 2.75) is 19.9 Å². The van der Waals surface area contributed by atoms with Crippen molar-refractivity contribution < 1.29 is 9.59 Å². The first-order chi connectivity index (χ1) is 13.9. The van der Waals surface area contributed by atoms with E-state index in [9.17, 15) is 9.59 Å². The fourth-order valence-electron chi connectivity index (χ4n) is 3.73. The van der Waals surface area contributed by atoms with Gasteiger partial charge in [-0.3, -0.25) is 14.7 Å². The molecule has 3 aromatic rings. The van der Waals surface area contributed by atoms with Gasteiger partial charge in [0.2, 0.25) is 0 Å². The average molecular weight is 385 g/mol. The zero-order valence-corrected chi connectivity index (χ0v) is 16.0. The first-order valence-corrected chi connectivity index (χ1v) is 9.24. The number of carbonyl (C=O) groups is 2. The highest BCUT2D eigenvalue weighted by Gasteiger charge is 2.32. The Bertz CT molecular complexity index is 1230. The van der Waals surface area contributed by atoms with Gasteiger partial charge in [0.1, 0.15) is 5.69 Å². The fourth-order valence-corrected chi connectivity index (χ4v) is 3.73. The Morgan fingerprint density at radius 1 is 1.38 bits per heavy atom. The highest BCUT2D eigenvalue weighted by Crippen LogP contribution is 2.37. The minimum atomic E-state index is -0.206. The summed E-state index contributed by atoms with van der Waals surface area (Å²) in [7, 11) is 0. The van der Waals surface area contributed by atoms with Gasteiger partial charge >= 0.3 is 0 Å². The van der Waals surface area contributed by atoms with Crippen molar-refractivity contribution >= 4 is 28.3 Å². The van der Waals surface area contributed by atoms with Gasteiger partial charge in [0.05, 0.1) is 23.7 Å². The maximum Gasteiger partial charge on any atom is 0.256 e. The van der Waals surface area contributed by atoms with Crippen LogP contribution in [0, 0.1) is 11.3 Å². The molecule has 0 saturated heterocycles. The quantitative estimate of drug-likeness (QED) is 0.396. The number of ketones is 1. The predicted molar refractivity (Wildman–Crippen MR) is 110 cm³/mol. The van der Waals surface area contributed by atoms with E-state index in [4.69, 9.17) is 11.0 Å². The summed E-state index contributed by atoms with van der Waals surface area (Å²) in [6.07, 6.45) is 0.369. The third-order valence-electron chi connectivity index (χ3n) is 5.19. The van der Waals surface area contributed by atoms with Crippen LogP contribution in [0.1, 0.15) is 39.8 Å². The molecule has 29 heavy (non-hydrogen) atoms. The van der Waals surface area contributed by atoms with Crippen LogP contribution in [0.3, 0.4) is 0 Å². The molecule has 0 unspecified atom stereocenters. The molecule has 1 amide bonds. The van der Waals surface area contributed by atoms with Crippen LogP contribution in [0.2, 0.25) is 0 Å². The van der Waals surface area contributed by atoms with Gasteiger partial charge in [-0.25, -0.2) is 0 Å². The maximum absolute atomic E-state index is 12.8. The topological polar surface area (TPSA) is 116 Å². The van der Waals surface area contributed by atoms with Crippen molar-refractivity contribution in [2.24, 2.45) is 0 Å². The molecule has 2 aromatic carbocycles. The SMILES string of the molecule is C=C(C#N)CN1Cc2c(-c3ccc4[nH]nc(C(=O)CC)c4c3)ccc(N)c2C1=O. The molecule has 0 atom stereocenters. The monoisotopic (exact) mass is 385 g/mol. The summed E-state index contributed by atoms with van der Waals surface area (Å²) in [5, 5.41) is 16.8. The Hall–Kier alpha value is -3.92. The van der Waals surface area contributed by atoms with Gasteiger partial charge in [0.25, 0.3) is 5.91 Å². The van der Waals surface area contributed by atoms with Crippen LogP contribution in [0.4, 0.5) is 5.69 Å². The number of aromatic amines is 1. The number of nitriles is 1. The number of nitrogens with two attached hydrogens (primary N) is 1. The number of benzene rings is 2. The Kier molecular flexibility index (Phi) is 4.40. The molecule has 7 heteroatoms. The van der Waals surface area contributed by atoms with E-state index in [1.807, 2.05) is 30.3 Å². The second-order valence-electron chi connectivity index (χ2n) is 7.04. The summed E-state index contributed by atoms with van der Waals surface area (Å²) in [6.45, 7) is 5.98. The van der Waals surface area contributed by atoms with Crippen LogP contribution in [-0.2, 0) is 6.54 Å². The van der Waals surface area contributed by atoms with Crippen molar-refractivity contribution in [3.8, 4) is 17.2 Å². The number of amides is 1. The molecule has 0 fully saturated rings. The Morgan fingerprint density at radius 2 is 2.17 bits per heavy atom. The predicted octanol–water partition coefficient (Wildman–Crippen LogP) is 3.44. The normalized spacial score (nSPS) is 12.8. The number of rotatable bonds is 5. The van der Waals surface area contributed by atoms with E-state index in [0.29, 0.717) is 35.5 Å². The average Bonchev–Trinajstić information content (AvgIpc) is 3.29. The van der Waals surface area contributed by atoms with Gasteiger partial charge in [-0.1, -0.05) is 25.6 Å². The summed E-state index contributed by atoms with van der Waals surface area (Å²) in [4.78, 5) is 26.6. The molecule has 1 aliphatic heterocycles. The lowest BCUT2D eigenvalue weighted by Crippen LogP contribution is -2.26. The van der Waals surface area contributed by atoms with E-state index in [1.54, 1.807) is 17.9 Å². The third kappa shape index (κ3) is 2.95. The third-order valence-corrected chi connectivity index (χ3v) is 5.19. The molecule has 4 rings (SSSR count). The van der Waals surface area contributed by atoms with E-state index in [-0.39, 0.29) is 18.2 Å². The van der Waals surface area contributed by atoms with Crippen molar-refractivity contribution in [3.05, 3.63) is 59.3 Å². The number of Topliss-reactive ketones (excluding diaryl/α,β-unsaturated/α-hetero) is 1. The zero-order chi connectivity index (χ0) is 20.7. The van der Waals surface area contributed by atoms with Crippen molar-refractivity contribution in [2.75, 3.05) is 12.3 Å². The molecule has 0 spiro atoms. The Labute approximate surface area is 167 Å². The van der Waals surface area contributed by atoms with Crippen molar-refractivity contribution in [3.63, 3.8) is 0 Å². The number of H-pyrrole nitrogens is 1. The number of carbonyl (C=O) groups excluding carboxylic acids is 2. The lowest BCUT2D eigenvalue weighted by molar-refractivity contribution is 0.0794. The molecule has 7 nitrogen and oxygen atoms in total. The van der Waals surface area contributed by atoms with Crippen LogP contribution in [0.5, 0.6) is 0 Å². The number of hydrogen-bond donors (Lipinski definition) is 2. The van der Waals surface area contributed by atoms with Crippen LogP contribution >= 0.6 is 0 Å². The minimum Gasteiger partial charge on any atom is -0.398 e. The maximum atomic E-state index is 12.8. The van der Waals surface area contributed by atoms with E-state index in [0.717, 1.165) is 27.6 Å². The number of nitrogen functional groups attached to an aromatic ring is 1. The minimum absolute atomic E-state index is 0.0349. The number of hydrogen-bond acceptors (Lipinski definition) is 5. The second-order valence-corrected chi connectivity index (χ2v) is 7.04. The van der Waals surface area contributed by atoms with Gasteiger partial charge < -0.3 is 10.6 Å². The molecule has 3 N–H and O–H groups in total. The number of nitrogens with one attached hydrogen (secondary N) is 1. The molecule has 1 aliphatic rings. The lowest BCUT2D eigenvalue weighted by atomic mass is 9.94. The van der Waals surface area contributed by atoms with Crippen molar-refractivity contribution in [1.82, 2.24) is 15.1 Å². The van der Waals surface area contributed by atoms with Crippen LogP contribution in [-0.4, -0.2) is 33.3 Å². The Morgan fingerprint density at radius 3 is 2.90 bits per heavy atom. The van der Waals surface area contributed by atoms with E-state index in [2.05, 4.69) is 16.8 Å². The zero-order valence-electron chi connectivity index (χ0n) is 16.0. The van der Waals surface area contributed by atoms with E-state index >= 15 is 0 Å². The molecular formula is C22H19N5O2. The number of fused-ring (bicyclic) bond motifs is 2. The van der Waals surface area contributed by atoms with E-state index in [1.165, 1.54) is 0 Å². The van der Waals surface area contributed by atoms with Gasteiger partial charge in [-0.2, -0.15) is 10.4 Å². The van der Waals surface area contributed by atoms with Crippen LogP contribution in [0.15, 0.2) is 42.5 Å². The summed E-state index contributed by atoms with van der Waals surface area (Å²) in [5.41, 5.74) is 11.0. The smallest absolute Gasteiger partial charge is 0.256 e. The molecule has 2 heterocycles.